The van der Waals surface area contributed by atoms with Crippen LogP contribution in [0.2, 0.25) is 0 Å². The van der Waals surface area contributed by atoms with Crippen LogP contribution in [-0.2, 0) is 11.2 Å². The smallest absolute Gasteiger partial charge is 0.134 e. The van der Waals surface area contributed by atoms with E-state index in [2.05, 4.69) is 45.1 Å². The molecule has 1 N–H and O–H groups in total. The van der Waals surface area contributed by atoms with E-state index in [0.717, 1.165) is 37.3 Å². The van der Waals surface area contributed by atoms with Crippen molar-refractivity contribution in [3.63, 3.8) is 0 Å². The van der Waals surface area contributed by atoms with Gasteiger partial charge in [0, 0.05) is 17.6 Å². The highest BCUT2D eigenvalue weighted by Gasteiger charge is 2.17. The molecule has 1 aromatic heterocycles. The number of fused-ring (bicyclic) bond motifs is 1. The van der Waals surface area contributed by atoms with E-state index >= 15 is 0 Å². The molecule has 21 heavy (non-hydrogen) atoms. The first-order valence-corrected chi connectivity index (χ1v) is 7.98. The number of benzene rings is 1. The molecule has 1 atom stereocenters. The van der Waals surface area contributed by atoms with E-state index < -0.39 is 0 Å². The van der Waals surface area contributed by atoms with E-state index in [1.807, 2.05) is 12.1 Å². The lowest BCUT2D eigenvalue weighted by molar-refractivity contribution is 0.0767. The highest BCUT2D eigenvalue weighted by atomic mass is 16.5. The van der Waals surface area contributed by atoms with Crippen molar-refractivity contribution < 1.29 is 9.15 Å². The molecule has 2 rings (SSSR count). The molecule has 3 nitrogen and oxygen atoms in total. The van der Waals surface area contributed by atoms with Gasteiger partial charge in [-0.2, -0.15) is 0 Å². The summed E-state index contributed by atoms with van der Waals surface area (Å²) in [5, 5.41) is 4.78. The molecular formula is C18H27NO2. The van der Waals surface area contributed by atoms with Gasteiger partial charge in [-0.3, -0.25) is 0 Å². The normalized spacial score (nSPS) is 13.2. The lowest BCUT2D eigenvalue weighted by atomic mass is 10.1. The topological polar surface area (TPSA) is 34.4 Å². The van der Waals surface area contributed by atoms with E-state index in [1.54, 1.807) is 0 Å². The molecule has 0 fully saturated rings. The van der Waals surface area contributed by atoms with Gasteiger partial charge in [0.05, 0.1) is 12.1 Å². The minimum Gasteiger partial charge on any atom is -0.459 e. The molecule has 0 aliphatic rings. The molecule has 0 radical (unpaired) electrons. The molecule has 116 valence electrons. The lowest BCUT2D eigenvalue weighted by Gasteiger charge is -2.13. The molecule has 1 heterocycles. The van der Waals surface area contributed by atoms with Crippen LogP contribution in [0.25, 0.3) is 11.0 Å². The molecule has 0 spiro atoms. The van der Waals surface area contributed by atoms with Crippen LogP contribution in [-0.4, -0.2) is 19.3 Å². The molecule has 0 bridgehead atoms. The number of aryl methyl sites for hydroxylation is 1. The SMILES string of the molecule is CCc1c(C(C)NCCCOC(C)C)oc2ccccc12. The third-order valence-electron chi connectivity index (χ3n) is 3.70. The zero-order valence-corrected chi connectivity index (χ0v) is 13.6. The Bertz CT molecular complexity index is 559. The summed E-state index contributed by atoms with van der Waals surface area (Å²) in [5.41, 5.74) is 2.31. The maximum absolute atomic E-state index is 6.05. The summed E-state index contributed by atoms with van der Waals surface area (Å²) in [7, 11) is 0. The summed E-state index contributed by atoms with van der Waals surface area (Å²) in [6.45, 7) is 10.2. The second-order valence-electron chi connectivity index (χ2n) is 5.74. The van der Waals surface area contributed by atoms with Crippen LogP contribution in [0.5, 0.6) is 0 Å². The average Bonchev–Trinajstić information content (AvgIpc) is 2.85. The van der Waals surface area contributed by atoms with Crippen molar-refractivity contribution in [2.75, 3.05) is 13.2 Å². The van der Waals surface area contributed by atoms with Crippen LogP contribution in [0, 0.1) is 0 Å². The molecule has 2 aromatic rings. The summed E-state index contributed by atoms with van der Waals surface area (Å²) < 4.78 is 11.6. The predicted octanol–water partition coefficient (Wildman–Crippen LogP) is 4.46. The summed E-state index contributed by atoms with van der Waals surface area (Å²) >= 11 is 0. The van der Waals surface area contributed by atoms with Crippen molar-refractivity contribution in [3.05, 3.63) is 35.6 Å². The van der Waals surface area contributed by atoms with E-state index in [-0.39, 0.29) is 6.04 Å². The Hall–Kier alpha value is -1.32. The fourth-order valence-electron chi connectivity index (χ4n) is 2.63. The summed E-state index contributed by atoms with van der Waals surface area (Å²) in [5.74, 6) is 1.07. The standard InChI is InChI=1S/C18H27NO2/c1-5-15-16-9-6-7-10-17(16)21-18(15)14(4)19-11-8-12-20-13(2)3/h6-7,9-10,13-14,19H,5,8,11-12H2,1-4H3. The molecule has 0 amide bonds. The van der Waals surface area contributed by atoms with Gasteiger partial charge in [-0.1, -0.05) is 25.1 Å². The van der Waals surface area contributed by atoms with Crippen LogP contribution in [0.1, 0.15) is 51.5 Å². The fourth-order valence-corrected chi connectivity index (χ4v) is 2.63. The third-order valence-corrected chi connectivity index (χ3v) is 3.70. The number of furan rings is 1. The van der Waals surface area contributed by atoms with Gasteiger partial charge < -0.3 is 14.5 Å². The van der Waals surface area contributed by atoms with Crippen molar-refractivity contribution >= 4 is 11.0 Å². The van der Waals surface area contributed by atoms with Crippen molar-refractivity contribution in [2.45, 2.75) is 52.7 Å². The molecule has 0 aliphatic carbocycles. The first-order chi connectivity index (χ1) is 10.1. The number of nitrogens with one attached hydrogen (secondary N) is 1. The Balaban J connectivity index is 1.97. The largest absolute Gasteiger partial charge is 0.459 e. The predicted molar refractivity (Wildman–Crippen MR) is 87.7 cm³/mol. The van der Waals surface area contributed by atoms with E-state index in [4.69, 9.17) is 9.15 Å². The van der Waals surface area contributed by atoms with Gasteiger partial charge >= 0.3 is 0 Å². The van der Waals surface area contributed by atoms with Crippen LogP contribution in [0.15, 0.2) is 28.7 Å². The fraction of sp³-hybridized carbons (Fsp3) is 0.556. The van der Waals surface area contributed by atoms with Crippen molar-refractivity contribution in [3.8, 4) is 0 Å². The lowest BCUT2D eigenvalue weighted by Crippen LogP contribution is -2.21. The quantitative estimate of drug-likeness (QED) is 0.728. The number of rotatable bonds is 8. The van der Waals surface area contributed by atoms with E-state index in [1.165, 1.54) is 10.9 Å². The number of para-hydroxylation sites is 1. The van der Waals surface area contributed by atoms with Crippen LogP contribution in [0.4, 0.5) is 0 Å². The van der Waals surface area contributed by atoms with Gasteiger partial charge in [-0.05, 0) is 46.2 Å². The van der Waals surface area contributed by atoms with Gasteiger partial charge in [-0.25, -0.2) is 0 Å². The molecule has 0 saturated carbocycles. The molecular weight excluding hydrogens is 262 g/mol. The summed E-state index contributed by atoms with van der Waals surface area (Å²) in [6, 6.07) is 8.51. The van der Waals surface area contributed by atoms with Gasteiger partial charge in [0.25, 0.3) is 0 Å². The van der Waals surface area contributed by atoms with Crippen LogP contribution >= 0.6 is 0 Å². The Morgan fingerprint density at radius 1 is 1.19 bits per heavy atom. The maximum atomic E-state index is 6.05. The highest BCUT2D eigenvalue weighted by Crippen LogP contribution is 2.30. The van der Waals surface area contributed by atoms with E-state index in [9.17, 15) is 0 Å². The molecule has 0 saturated heterocycles. The third kappa shape index (κ3) is 4.08. The molecule has 0 aliphatic heterocycles. The monoisotopic (exact) mass is 289 g/mol. The molecule has 3 heteroatoms. The Labute approximate surface area is 127 Å². The Morgan fingerprint density at radius 2 is 1.95 bits per heavy atom. The van der Waals surface area contributed by atoms with Crippen molar-refractivity contribution in [1.29, 1.82) is 0 Å². The second-order valence-corrected chi connectivity index (χ2v) is 5.74. The minimum absolute atomic E-state index is 0.228. The highest BCUT2D eigenvalue weighted by molar-refractivity contribution is 5.82. The Morgan fingerprint density at radius 3 is 2.67 bits per heavy atom. The second kappa shape index (κ2) is 7.62. The van der Waals surface area contributed by atoms with Crippen molar-refractivity contribution in [2.24, 2.45) is 0 Å². The number of hydrogen-bond acceptors (Lipinski definition) is 3. The zero-order chi connectivity index (χ0) is 15.2. The van der Waals surface area contributed by atoms with Crippen LogP contribution < -0.4 is 5.32 Å². The first kappa shape index (κ1) is 16.1. The summed E-state index contributed by atoms with van der Waals surface area (Å²) in [6.07, 6.45) is 2.32. The Kier molecular flexibility index (Phi) is 5.83. The summed E-state index contributed by atoms with van der Waals surface area (Å²) in [4.78, 5) is 0. The van der Waals surface area contributed by atoms with Gasteiger partial charge in [-0.15, -0.1) is 0 Å². The van der Waals surface area contributed by atoms with Gasteiger partial charge in [0.2, 0.25) is 0 Å². The molecule has 1 unspecified atom stereocenters. The zero-order valence-electron chi connectivity index (χ0n) is 13.6. The average molecular weight is 289 g/mol. The van der Waals surface area contributed by atoms with E-state index in [0.29, 0.717) is 6.10 Å². The van der Waals surface area contributed by atoms with Crippen LogP contribution in [0.3, 0.4) is 0 Å². The first-order valence-electron chi connectivity index (χ1n) is 7.98. The number of ether oxygens (including phenoxy) is 1. The van der Waals surface area contributed by atoms with Gasteiger partial charge in [0.1, 0.15) is 11.3 Å². The molecule has 1 aromatic carbocycles. The number of hydrogen-bond donors (Lipinski definition) is 1. The van der Waals surface area contributed by atoms with Gasteiger partial charge in [0.15, 0.2) is 0 Å². The minimum atomic E-state index is 0.228. The maximum Gasteiger partial charge on any atom is 0.134 e. The van der Waals surface area contributed by atoms with Crippen molar-refractivity contribution in [1.82, 2.24) is 5.32 Å².